The Hall–Kier alpha value is -0.150. The SMILES string of the molecule is CC1OC(C)C(CF)C(C)O1. The topological polar surface area (TPSA) is 18.5 Å². The molecule has 11 heavy (non-hydrogen) atoms. The van der Waals surface area contributed by atoms with Crippen molar-refractivity contribution in [1.82, 2.24) is 0 Å². The molecule has 66 valence electrons. The number of rotatable bonds is 1. The van der Waals surface area contributed by atoms with Gasteiger partial charge < -0.3 is 9.47 Å². The van der Waals surface area contributed by atoms with Crippen LogP contribution in [0.2, 0.25) is 0 Å². The van der Waals surface area contributed by atoms with E-state index in [2.05, 4.69) is 0 Å². The molecule has 0 amide bonds. The number of ether oxygens (including phenoxy) is 2. The van der Waals surface area contributed by atoms with Gasteiger partial charge in [-0.1, -0.05) is 0 Å². The molecule has 1 rings (SSSR count). The minimum Gasteiger partial charge on any atom is -0.350 e. The van der Waals surface area contributed by atoms with Gasteiger partial charge in [0, 0.05) is 5.92 Å². The largest absolute Gasteiger partial charge is 0.350 e. The molecule has 1 aliphatic rings. The quantitative estimate of drug-likeness (QED) is 0.584. The van der Waals surface area contributed by atoms with Crippen LogP contribution in [0.3, 0.4) is 0 Å². The lowest BCUT2D eigenvalue weighted by molar-refractivity contribution is -0.253. The molecule has 0 saturated carbocycles. The summed E-state index contributed by atoms with van der Waals surface area (Å²) in [5.74, 6) is -0.105. The summed E-state index contributed by atoms with van der Waals surface area (Å²) in [6.07, 6.45) is -0.250. The fourth-order valence-corrected chi connectivity index (χ4v) is 1.47. The van der Waals surface area contributed by atoms with Crippen molar-refractivity contribution in [1.29, 1.82) is 0 Å². The van der Waals surface area contributed by atoms with E-state index in [1.54, 1.807) is 0 Å². The molecule has 0 aliphatic carbocycles. The Bertz CT molecular complexity index is 117. The minimum atomic E-state index is -0.366. The molecule has 1 fully saturated rings. The molecule has 3 heteroatoms. The summed E-state index contributed by atoms with van der Waals surface area (Å²) in [6, 6.07) is 0. The fraction of sp³-hybridized carbons (Fsp3) is 1.00. The molecule has 2 atom stereocenters. The van der Waals surface area contributed by atoms with Crippen LogP contribution in [0.5, 0.6) is 0 Å². The third kappa shape index (κ3) is 1.91. The lowest BCUT2D eigenvalue weighted by atomic mass is 9.98. The van der Waals surface area contributed by atoms with Crippen molar-refractivity contribution in [3.8, 4) is 0 Å². The summed E-state index contributed by atoms with van der Waals surface area (Å²) in [4.78, 5) is 0. The van der Waals surface area contributed by atoms with Crippen LogP contribution in [0.1, 0.15) is 20.8 Å². The highest BCUT2D eigenvalue weighted by molar-refractivity contribution is 4.75. The van der Waals surface area contributed by atoms with Crippen LogP contribution in [0, 0.1) is 5.92 Å². The van der Waals surface area contributed by atoms with E-state index in [1.165, 1.54) is 0 Å². The number of halogens is 1. The van der Waals surface area contributed by atoms with Gasteiger partial charge in [-0.25, -0.2) is 0 Å². The van der Waals surface area contributed by atoms with Crippen LogP contribution in [0.25, 0.3) is 0 Å². The smallest absolute Gasteiger partial charge is 0.155 e. The van der Waals surface area contributed by atoms with E-state index in [9.17, 15) is 4.39 Å². The number of alkyl halides is 1. The van der Waals surface area contributed by atoms with Crippen LogP contribution in [-0.2, 0) is 9.47 Å². The Kier molecular flexibility index (Phi) is 2.84. The van der Waals surface area contributed by atoms with Gasteiger partial charge in [-0.05, 0) is 20.8 Å². The van der Waals surface area contributed by atoms with E-state index in [0.717, 1.165) is 0 Å². The van der Waals surface area contributed by atoms with Crippen molar-refractivity contribution in [2.75, 3.05) is 6.67 Å². The lowest BCUT2D eigenvalue weighted by Gasteiger charge is -2.36. The molecule has 1 saturated heterocycles. The molecule has 1 heterocycles. The summed E-state index contributed by atoms with van der Waals surface area (Å²) < 4.78 is 22.9. The van der Waals surface area contributed by atoms with Crippen molar-refractivity contribution in [3.63, 3.8) is 0 Å². The Morgan fingerprint density at radius 3 is 1.91 bits per heavy atom. The first kappa shape index (κ1) is 8.94. The molecule has 0 aromatic carbocycles. The van der Waals surface area contributed by atoms with Gasteiger partial charge in [-0.3, -0.25) is 4.39 Å². The first-order chi connectivity index (χ1) is 5.15. The minimum absolute atomic E-state index is 0.0289. The third-order valence-corrected chi connectivity index (χ3v) is 2.20. The Labute approximate surface area is 66.7 Å². The Balaban J connectivity index is 2.52. The van der Waals surface area contributed by atoms with Gasteiger partial charge in [0.25, 0.3) is 0 Å². The highest BCUT2D eigenvalue weighted by Crippen LogP contribution is 2.24. The van der Waals surface area contributed by atoms with E-state index in [-0.39, 0.29) is 31.1 Å². The second-order valence-corrected chi connectivity index (χ2v) is 3.07. The zero-order valence-corrected chi connectivity index (χ0v) is 7.21. The van der Waals surface area contributed by atoms with Gasteiger partial charge in [0.15, 0.2) is 6.29 Å². The summed E-state index contributed by atoms with van der Waals surface area (Å²) in [5.41, 5.74) is 0. The lowest BCUT2D eigenvalue weighted by Crippen LogP contribution is -2.43. The van der Waals surface area contributed by atoms with E-state index in [1.807, 2.05) is 20.8 Å². The average molecular weight is 162 g/mol. The summed E-state index contributed by atoms with van der Waals surface area (Å²) in [7, 11) is 0. The molecule has 0 radical (unpaired) electrons. The van der Waals surface area contributed by atoms with Crippen molar-refractivity contribution in [2.45, 2.75) is 39.3 Å². The predicted octanol–water partition coefficient (Wildman–Crippen LogP) is 1.74. The summed E-state index contributed by atoms with van der Waals surface area (Å²) >= 11 is 0. The highest BCUT2D eigenvalue weighted by Gasteiger charge is 2.32. The number of hydrogen-bond donors (Lipinski definition) is 0. The Morgan fingerprint density at radius 1 is 1.09 bits per heavy atom. The van der Waals surface area contributed by atoms with Crippen LogP contribution in [0.15, 0.2) is 0 Å². The van der Waals surface area contributed by atoms with Gasteiger partial charge in [0.1, 0.15) is 0 Å². The van der Waals surface area contributed by atoms with Crippen LogP contribution >= 0.6 is 0 Å². The van der Waals surface area contributed by atoms with Crippen molar-refractivity contribution in [2.24, 2.45) is 5.92 Å². The average Bonchev–Trinajstić information content (AvgIpc) is 1.85. The van der Waals surface area contributed by atoms with E-state index >= 15 is 0 Å². The first-order valence-corrected chi connectivity index (χ1v) is 4.02. The second kappa shape index (κ2) is 3.50. The maximum Gasteiger partial charge on any atom is 0.155 e. The summed E-state index contributed by atoms with van der Waals surface area (Å²) in [5, 5.41) is 0. The van der Waals surface area contributed by atoms with Crippen LogP contribution in [-0.4, -0.2) is 25.2 Å². The van der Waals surface area contributed by atoms with Crippen molar-refractivity contribution in [3.05, 3.63) is 0 Å². The fourth-order valence-electron chi connectivity index (χ4n) is 1.47. The van der Waals surface area contributed by atoms with E-state index in [4.69, 9.17) is 9.47 Å². The van der Waals surface area contributed by atoms with Gasteiger partial charge in [0.05, 0.1) is 18.9 Å². The van der Waals surface area contributed by atoms with E-state index in [0.29, 0.717) is 0 Å². The molecule has 0 aromatic rings. The molecule has 2 nitrogen and oxygen atoms in total. The molecule has 0 aromatic heterocycles. The highest BCUT2D eigenvalue weighted by atomic mass is 19.1. The zero-order chi connectivity index (χ0) is 8.43. The summed E-state index contributed by atoms with van der Waals surface area (Å²) in [6.45, 7) is 5.25. The molecule has 2 unspecified atom stereocenters. The third-order valence-electron chi connectivity index (χ3n) is 2.20. The Morgan fingerprint density at radius 2 is 1.55 bits per heavy atom. The molecular weight excluding hydrogens is 147 g/mol. The molecule has 1 aliphatic heterocycles. The van der Waals surface area contributed by atoms with Gasteiger partial charge in [-0.2, -0.15) is 0 Å². The predicted molar refractivity (Wildman–Crippen MR) is 40.0 cm³/mol. The normalized spacial score (nSPS) is 45.8. The second-order valence-electron chi connectivity index (χ2n) is 3.07. The van der Waals surface area contributed by atoms with Crippen LogP contribution < -0.4 is 0 Å². The first-order valence-electron chi connectivity index (χ1n) is 4.02. The molecule has 0 spiro atoms. The molecule has 0 bridgehead atoms. The molecule has 0 N–H and O–H groups in total. The number of hydrogen-bond acceptors (Lipinski definition) is 2. The van der Waals surface area contributed by atoms with Crippen molar-refractivity contribution >= 4 is 0 Å². The molecular formula is C8H15FO2. The van der Waals surface area contributed by atoms with E-state index < -0.39 is 0 Å². The van der Waals surface area contributed by atoms with Gasteiger partial charge in [0.2, 0.25) is 0 Å². The standard InChI is InChI=1S/C8H15FO2/c1-5-8(4-9)6(2)11-7(3)10-5/h5-8H,4H2,1-3H3. The van der Waals surface area contributed by atoms with Crippen LogP contribution in [0.4, 0.5) is 4.39 Å². The van der Waals surface area contributed by atoms with Crippen molar-refractivity contribution < 1.29 is 13.9 Å². The van der Waals surface area contributed by atoms with Gasteiger partial charge in [-0.15, -0.1) is 0 Å². The monoisotopic (exact) mass is 162 g/mol. The maximum atomic E-state index is 12.3. The zero-order valence-electron chi connectivity index (χ0n) is 7.21. The van der Waals surface area contributed by atoms with Gasteiger partial charge >= 0.3 is 0 Å². The maximum absolute atomic E-state index is 12.3.